The van der Waals surface area contributed by atoms with Gasteiger partial charge in [0.2, 0.25) is 5.91 Å². The lowest BCUT2D eigenvalue weighted by atomic mass is 10.1. The highest BCUT2D eigenvalue weighted by Gasteiger charge is 2.21. The molecule has 1 aromatic carbocycles. The van der Waals surface area contributed by atoms with Gasteiger partial charge in [-0.15, -0.1) is 0 Å². The predicted molar refractivity (Wildman–Crippen MR) is 98.8 cm³/mol. The fraction of sp³-hybridized carbons (Fsp3) is 0.444. The highest BCUT2D eigenvalue weighted by atomic mass is 16.1. The minimum Gasteiger partial charge on any atom is -0.368 e. The molecule has 3 rings (SSSR count). The van der Waals surface area contributed by atoms with Crippen LogP contribution in [0.15, 0.2) is 24.3 Å². The molecule has 6 heteroatoms. The molecule has 0 atom stereocenters. The molecular formula is C18H27N5O. The van der Waals surface area contributed by atoms with E-state index in [1.165, 1.54) is 5.69 Å². The summed E-state index contributed by atoms with van der Waals surface area (Å²) in [4.78, 5) is 16.0. The van der Waals surface area contributed by atoms with Crippen LogP contribution in [-0.4, -0.2) is 42.3 Å². The summed E-state index contributed by atoms with van der Waals surface area (Å²) < 4.78 is 0. The second kappa shape index (κ2) is 7.86. The summed E-state index contributed by atoms with van der Waals surface area (Å²) in [5.41, 5.74) is 10.3. The molecule has 0 spiro atoms. The quantitative estimate of drug-likeness (QED) is 0.907. The molecule has 1 aromatic heterocycles. The van der Waals surface area contributed by atoms with Gasteiger partial charge in [0.1, 0.15) is 0 Å². The van der Waals surface area contributed by atoms with Gasteiger partial charge in [0.25, 0.3) is 0 Å². The van der Waals surface area contributed by atoms with Gasteiger partial charge >= 0.3 is 0 Å². The van der Waals surface area contributed by atoms with Crippen molar-refractivity contribution in [2.75, 3.05) is 36.0 Å². The first-order chi connectivity index (χ1) is 11.6. The molecule has 1 saturated heterocycles. The van der Waals surface area contributed by atoms with Gasteiger partial charge in [0.05, 0.1) is 17.1 Å². The number of carbonyl (C=O) groups excluding carboxylic acids is 1. The Hall–Kier alpha value is -2.50. The molecule has 6 nitrogen and oxygen atoms in total. The molecule has 24 heavy (non-hydrogen) atoms. The minimum absolute atomic E-state index is 0.384. The molecule has 1 aliphatic heterocycles. The minimum atomic E-state index is -0.384. The molecule has 1 fully saturated rings. The fourth-order valence-electron chi connectivity index (χ4n) is 3.06. The van der Waals surface area contributed by atoms with Crippen molar-refractivity contribution in [3.05, 3.63) is 41.2 Å². The molecule has 0 radical (unpaired) electrons. The number of aromatic amines is 1. The van der Waals surface area contributed by atoms with E-state index in [0.29, 0.717) is 5.56 Å². The average molecular weight is 329 g/mol. The largest absolute Gasteiger partial charge is 0.368 e. The topological polar surface area (TPSA) is 78.2 Å². The van der Waals surface area contributed by atoms with Crippen molar-refractivity contribution in [1.82, 2.24) is 10.2 Å². The molecule has 1 amide bonds. The van der Waals surface area contributed by atoms with Crippen LogP contribution in [0.2, 0.25) is 0 Å². The molecule has 2 heterocycles. The second-order valence-corrected chi connectivity index (χ2v) is 5.67. The molecule has 2 aromatic rings. The number of hydrogen-bond acceptors (Lipinski definition) is 4. The van der Waals surface area contributed by atoms with Gasteiger partial charge in [-0.3, -0.25) is 9.89 Å². The number of aryl methyl sites for hydroxylation is 2. The van der Waals surface area contributed by atoms with Crippen molar-refractivity contribution in [1.29, 1.82) is 0 Å². The van der Waals surface area contributed by atoms with Crippen molar-refractivity contribution < 1.29 is 4.79 Å². The summed E-state index contributed by atoms with van der Waals surface area (Å²) in [6.07, 6.45) is 0. The molecule has 3 N–H and O–H groups in total. The van der Waals surface area contributed by atoms with E-state index in [1.54, 1.807) is 6.07 Å². The van der Waals surface area contributed by atoms with Gasteiger partial charge in [0.15, 0.2) is 0 Å². The standard InChI is InChI=1S/C16H21N5O.C2H6/c1-11-15(12(2)19-18-11)21-8-6-20(7-9-21)14-5-3-4-13(10-14)16(17)22;1-2/h3-5,10H,6-9H2,1-2H3,(H2,17,22)(H,18,19);1-2H3. The summed E-state index contributed by atoms with van der Waals surface area (Å²) in [5.74, 6) is -0.384. The number of anilines is 2. The number of piperazine rings is 1. The number of aromatic nitrogens is 2. The number of H-pyrrole nitrogens is 1. The van der Waals surface area contributed by atoms with E-state index in [1.807, 2.05) is 39.0 Å². The molecule has 0 unspecified atom stereocenters. The lowest BCUT2D eigenvalue weighted by molar-refractivity contribution is 0.100. The number of nitrogens with one attached hydrogen (secondary N) is 1. The van der Waals surface area contributed by atoms with E-state index >= 15 is 0 Å². The number of benzene rings is 1. The van der Waals surface area contributed by atoms with Crippen LogP contribution in [-0.2, 0) is 0 Å². The zero-order valence-electron chi connectivity index (χ0n) is 15.0. The third-order valence-electron chi connectivity index (χ3n) is 4.18. The van der Waals surface area contributed by atoms with Crippen LogP contribution in [0.25, 0.3) is 0 Å². The van der Waals surface area contributed by atoms with Crippen molar-refractivity contribution in [2.24, 2.45) is 5.73 Å². The Balaban J connectivity index is 0.00000100. The molecule has 130 valence electrons. The first-order valence-electron chi connectivity index (χ1n) is 8.47. The SMILES string of the molecule is CC.Cc1n[nH]c(C)c1N1CCN(c2cccc(C(N)=O)c2)CC1. The molecule has 0 saturated carbocycles. The van der Waals surface area contributed by atoms with Crippen LogP contribution < -0.4 is 15.5 Å². The Bertz CT molecular complexity index is 667. The Kier molecular flexibility index (Phi) is 5.84. The van der Waals surface area contributed by atoms with Crippen LogP contribution in [0.5, 0.6) is 0 Å². The Labute approximate surface area is 143 Å². The number of carbonyl (C=O) groups is 1. The van der Waals surface area contributed by atoms with Crippen molar-refractivity contribution in [3.63, 3.8) is 0 Å². The number of primary amides is 1. The third kappa shape index (κ3) is 3.69. The zero-order valence-corrected chi connectivity index (χ0v) is 15.0. The van der Waals surface area contributed by atoms with E-state index in [0.717, 1.165) is 43.3 Å². The van der Waals surface area contributed by atoms with Gasteiger partial charge in [-0.2, -0.15) is 5.10 Å². The van der Waals surface area contributed by atoms with Crippen LogP contribution in [0.1, 0.15) is 35.6 Å². The Morgan fingerprint density at radius 3 is 2.29 bits per heavy atom. The van der Waals surface area contributed by atoms with Crippen molar-refractivity contribution in [3.8, 4) is 0 Å². The van der Waals surface area contributed by atoms with Gasteiger partial charge in [-0.25, -0.2) is 0 Å². The van der Waals surface area contributed by atoms with E-state index in [-0.39, 0.29) is 5.91 Å². The van der Waals surface area contributed by atoms with Gasteiger partial charge in [-0.1, -0.05) is 19.9 Å². The smallest absolute Gasteiger partial charge is 0.248 e. The predicted octanol–water partition coefficient (Wildman–Crippen LogP) is 2.48. The molecule has 0 bridgehead atoms. The van der Waals surface area contributed by atoms with Gasteiger partial charge < -0.3 is 15.5 Å². The molecule has 1 aliphatic rings. The lowest BCUT2D eigenvalue weighted by Gasteiger charge is -2.37. The van der Waals surface area contributed by atoms with E-state index in [9.17, 15) is 4.79 Å². The third-order valence-corrected chi connectivity index (χ3v) is 4.18. The summed E-state index contributed by atoms with van der Waals surface area (Å²) in [7, 11) is 0. The Morgan fingerprint density at radius 2 is 1.75 bits per heavy atom. The maximum absolute atomic E-state index is 11.3. The zero-order chi connectivity index (χ0) is 17.7. The average Bonchev–Trinajstić information content (AvgIpc) is 2.95. The molecular weight excluding hydrogens is 302 g/mol. The van der Waals surface area contributed by atoms with Gasteiger partial charge in [0, 0.05) is 37.4 Å². The fourth-order valence-corrected chi connectivity index (χ4v) is 3.06. The summed E-state index contributed by atoms with van der Waals surface area (Å²) >= 11 is 0. The maximum atomic E-state index is 11.3. The van der Waals surface area contributed by atoms with Gasteiger partial charge in [-0.05, 0) is 32.0 Å². The first-order valence-corrected chi connectivity index (χ1v) is 8.47. The first kappa shape index (κ1) is 17.8. The summed E-state index contributed by atoms with van der Waals surface area (Å²) in [6.45, 7) is 11.8. The van der Waals surface area contributed by atoms with E-state index in [2.05, 4.69) is 26.9 Å². The van der Waals surface area contributed by atoms with E-state index in [4.69, 9.17) is 5.73 Å². The number of hydrogen-bond donors (Lipinski definition) is 2. The highest BCUT2D eigenvalue weighted by molar-refractivity contribution is 5.93. The highest BCUT2D eigenvalue weighted by Crippen LogP contribution is 2.25. The number of rotatable bonds is 3. The number of nitrogens with two attached hydrogens (primary N) is 1. The number of amides is 1. The van der Waals surface area contributed by atoms with Crippen LogP contribution in [0.3, 0.4) is 0 Å². The van der Waals surface area contributed by atoms with Crippen LogP contribution >= 0.6 is 0 Å². The normalized spacial score (nSPS) is 14.2. The Morgan fingerprint density at radius 1 is 1.12 bits per heavy atom. The van der Waals surface area contributed by atoms with Crippen LogP contribution in [0.4, 0.5) is 11.4 Å². The maximum Gasteiger partial charge on any atom is 0.248 e. The van der Waals surface area contributed by atoms with Crippen LogP contribution in [0, 0.1) is 13.8 Å². The monoisotopic (exact) mass is 329 g/mol. The number of nitrogens with zero attached hydrogens (tertiary/aromatic N) is 3. The van der Waals surface area contributed by atoms with Crippen molar-refractivity contribution in [2.45, 2.75) is 27.7 Å². The lowest BCUT2D eigenvalue weighted by Crippen LogP contribution is -2.46. The summed E-state index contributed by atoms with van der Waals surface area (Å²) in [6, 6.07) is 7.52. The van der Waals surface area contributed by atoms with Crippen molar-refractivity contribution >= 4 is 17.3 Å². The second-order valence-electron chi connectivity index (χ2n) is 5.67. The van der Waals surface area contributed by atoms with E-state index < -0.39 is 0 Å². The molecule has 0 aliphatic carbocycles. The summed E-state index contributed by atoms with van der Waals surface area (Å²) in [5, 5.41) is 7.31.